The number of aromatic nitrogens is 1. The van der Waals surface area contributed by atoms with Crippen LogP contribution in [0, 0.1) is 6.92 Å². The number of nitrogens with two attached hydrogens (primary N) is 1. The van der Waals surface area contributed by atoms with Gasteiger partial charge in [0, 0.05) is 29.9 Å². The molecule has 1 fully saturated rings. The highest BCUT2D eigenvalue weighted by molar-refractivity contribution is 5.94. The summed E-state index contributed by atoms with van der Waals surface area (Å²) in [5.41, 5.74) is 7.19. The molecule has 2 atom stereocenters. The van der Waals surface area contributed by atoms with Crippen LogP contribution in [0.5, 0.6) is 5.75 Å². The summed E-state index contributed by atoms with van der Waals surface area (Å²) in [4.78, 5) is 41.1. The summed E-state index contributed by atoms with van der Waals surface area (Å²) >= 11 is 0. The van der Waals surface area contributed by atoms with Gasteiger partial charge < -0.3 is 31.7 Å². The smallest absolute Gasteiger partial charge is 0.237 e. The Kier molecular flexibility index (Phi) is 8.06. The molecule has 0 bridgehead atoms. The van der Waals surface area contributed by atoms with Gasteiger partial charge in [-0.2, -0.15) is 0 Å². The summed E-state index contributed by atoms with van der Waals surface area (Å²) in [5.74, 6) is 0.178. The maximum absolute atomic E-state index is 12.7. The van der Waals surface area contributed by atoms with Crippen molar-refractivity contribution in [3.8, 4) is 5.75 Å². The first kappa shape index (κ1) is 25.4. The van der Waals surface area contributed by atoms with Gasteiger partial charge in [-0.15, -0.1) is 0 Å². The van der Waals surface area contributed by atoms with E-state index in [1.165, 1.54) is 0 Å². The second-order valence-corrected chi connectivity index (χ2v) is 9.33. The lowest BCUT2D eigenvalue weighted by atomic mass is 9.97. The molecular formula is C24H34N6O4. The van der Waals surface area contributed by atoms with Crippen LogP contribution in [0.15, 0.2) is 24.4 Å². The van der Waals surface area contributed by atoms with E-state index < -0.39 is 11.6 Å². The molecular weight excluding hydrogens is 436 g/mol. The number of carbonyl (C=O) groups is 3. The highest BCUT2D eigenvalue weighted by Gasteiger charge is 2.32. The number of aryl methyl sites for hydroxylation is 1. The molecule has 3 rings (SSSR count). The van der Waals surface area contributed by atoms with Crippen LogP contribution in [0.2, 0.25) is 0 Å². The highest BCUT2D eigenvalue weighted by Crippen LogP contribution is 2.25. The number of hydrogen-bond acceptors (Lipinski definition) is 7. The maximum atomic E-state index is 12.7. The molecule has 2 heterocycles. The van der Waals surface area contributed by atoms with Crippen molar-refractivity contribution >= 4 is 34.3 Å². The molecule has 6 N–H and O–H groups in total. The molecule has 10 heteroatoms. The first-order valence-corrected chi connectivity index (χ1v) is 11.4. The highest BCUT2D eigenvalue weighted by atomic mass is 16.5. The van der Waals surface area contributed by atoms with Gasteiger partial charge in [0.05, 0.1) is 37.1 Å². The molecule has 0 saturated carbocycles. The average molecular weight is 471 g/mol. The van der Waals surface area contributed by atoms with Gasteiger partial charge in [0.2, 0.25) is 17.7 Å². The van der Waals surface area contributed by atoms with Crippen molar-refractivity contribution < 1.29 is 19.1 Å². The molecule has 1 aromatic heterocycles. The third-order valence-electron chi connectivity index (χ3n) is 5.90. The van der Waals surface area contributed by atoms with Gasteiger partial charge in [-0.3, -0.25) is 19.4 Å². The molecule has 184 valence electrons. The molecule has 1 aromatic carbocycles. The number of pyridine rings is 1. The van der Waals surface area contributed by atoms with Crippen LogP contribution in [-0.2, 0) is 14.4 Å². The van der Waals surface area contributed by atoms with Gasteiger partial charge in [-0.05, 0) is 57.4 Å². The van der Waals surface area contributed by atoms with Crippen LogP contribution in [-0.4, -0.2) is 60.5 Å². The van der Waals surface area contributed by atoms with E-state index in [9.17, 15) is 14.4 Å². The largest absolute Gasteiger partial charge is 0.497 e. The standard InChI is InChI=1S/C24H34N6O4/c1-14-7-18(34-4)9-15-8-16(13-27-22(14)15)28-20(31)5-6-24(2,3)30-23(33)19-10-17(12-26-19)29-21(32)11-25/h7-9,13,17,19,26H,5-6,10-12,25H2,1-4H3,(H,28,31)(H,29,32)(H,30,33)/t17-,19+/m1/s1. The summed E-state index contributed by atoms with van der Waals surface area (Å²) in [6.07, 6.45) is 2.82. The van der Waals surface area contributed by atoms with Crippen LogP contribution < -0.4 is 31.7 Å². The molecule has 10 nitrogen and oxygen atoms in total. The Bertz CT molecular complexity index is 1070. The minimum Gasteiger partial charge on any atom is -0.497 e. The summed E-state index contributed by atoms with van der Waals surface area (Å²) < 4.78 is 5.32. The van der Waals surface area contributed by atoms with Crippen LogP contribution in [0.3, 0.4) is 0 Å². The zero-order valence-electron chi connectivity index (χ0n) is 20.2. The molecule has 1 aliphatic rings. The number of methoxy groups -OCH3 is 1. The van der Waals surface area contributed by atoms with E-state index in [-0.39, 0.29) is 36.7 Å². The molecule has 34 heavy (non-hydrogen) atoms. The second kappa shape index (κ2) is 10.8. The second-order valence-electron chi connectivity index (χ2n) is 9.33. The third kappa shape index (κ3) is 6.64. The Morgan fingerprint density at radius 3 is 2.71 bits per heavy atom. The number of nitrogens with one attached hydrogen (secondary N) is 4. The predicted molar refractivity (Wildman–Crippen MR) is 131 cm³/mol. The lowest BCUT2D eigenvalue weighted by Gasteiger charge is -2.28. The van der Waals surface area contributed by atoms with Crippen molar-refractivity contribution in [2.75, 3.05) is 25.5 Å². The summed E-state index contributed by atoms with van der Waals surface area (Å²) in [7, 11) is 1.61. The lowest BCUT2D eigenvalue weighted by molar-refractivity contribution is -0.125. The monoisotopic (exact) mass is 470 g/mol. The number of nitrogens with zero attached hydrogens (tertiary/aromatic N) is 1. The third-order valence-corrected chi connectivity index (χ3v) is 5.90. The zero-order valence-corrected chi connectivity index (χ0v) is 20.2. The minimum absolute atomic E-state index is 0.0778. The number of amides is 3. The molecule has 2 aromatic rings. The number of fused-ring (bicyclic) bond motifs is 1. The Hall–Kier alpha value is -3.24. The molecule has 1 saturated heterocycles. The van der Waals surface area contributed by atoms with E-state index in [1.807, 2.05) is 39.0 Å². The summed E-state index contributed by atoms with van der Waals surface area (Å²) in [6, 6.07) is 5.14. The van der Waals surface area contributed by atoms with E-state index in [4.69, 9.17) is 10.5 Å². The van der Waals surface area contributed by atoms with Crippen molar-refractivity contribution in [1.29, 1.82) is 0 Å². The van der Waals surface area contributed by atoms with Crippen molar-refractivity contribution in [1.82, 2.24) is 20.9 Å². The van der Waals surface area contributed by atoms with Gasteiger partial charge in [0.1, 0.15) is 5.75 Å². The van der Waals surface area contributed by atoms with E-state index in [2.05, 4.69) is 26.3 Å². The molecule has 0 spiro atoms. The first-order chi connectivity index (χ1) is 16.1. The van der Waals surface area contributed by atoms with Crippen LogP contribution in [0.1, 0.15) is 38.7 Å². The number of hydrogen-bond donors (Lipinski definition) is 5. The van der Waals surface area contributed by atoms with Gasteiger partial charge in [0.25, 0.3) is 0 Å². The maximum Gasteiger partial charge on any atom is 0.237 e. The minimum atomic E-state index is -0.583. The molecule has 0 unspecified atom stereocenters. The van der Waals surface area contributed by atoms with E-state index in [1.54, 1.807) is 13.3 Å². The van der Waals surface area contributed by atoms with Crippen LogP contribution in [0.4, 0.5) is 5.69 Å². The van der Waals surface area contributed by atoms with Crippen molar-refractivity contribution in [3.63, 3.8) is 0 Å². The van der Waals surface area contributed by atoms with Gasteiger partial charge in [-0.1, -0.05) is 0 Å². The Balaban J connectivity index is 1.51. The molecule has 0 radical (unpaired) electrons. The summed E-state index contributed by atoms with van der Waals surface area (Å²) in [5, 5.41) is 12.7. The predicted octanol–water partition coefficient (Wildman–Crippen LogP) is 0.971. The quantitative estimate of drug-likeness (QED) is 0.367. The van der Waals surface area contributed by atoms with Gasteiger partial charge in [-0.25, -0.2) is 0 Å². The van der Waals surface area contributed by atoms with Crippen LogP contribution in [0.25, 0.3) is 10.9 Å². The molecule has 1 aliphatic heterocycles. The van der Waals surface area contributed by atoms with E-state index in [0.717, 1.165) is 22.2 Å². The average Bonchev–Trinajstić information content (AvgIpc) is 3.25. The molecule has 3 amide bonds. The lowest BCUT2D eigenvalue weighted by Crippen LogP contribution is -2.50. The number of rotatable bonds is 9. The Labute approximate surface area is 199 Å². The van der Waals surface area contributed by atoms with Crippen molar-refractivity contribution in [3.05, 3.63) is 30.0 Å². The molecule has 0 aliphatic carbocycles. The van der Waals surface area contributed by atoms with Crippen LogP contribution >= 0.6 is 0 Å². The van der Waals surface area contributed by atoms with Gasteiger partial charge >= 0.3 is 0 Å². The summed E-state index contributed by atoms with van der Waals surface area (Å²) in [6.45, 7) is 6.16. The van der Waals surface area contributed by atoms with Crippen molar-refractivity contribution in [2.24, 2.45) is 5.73 Å². The fourth-order valence-corrected chi connectivity index (χ4v) is 4.05. The Morgan fingerprint density at radius 2 is 2.00 bits per heavy atom. The number of carbonyl (C=O) groups excluding carboxylic acids is 3. The fourth-order valence-electron chi connectivity index (χ4n) is 4.05. The van der Waals surface area contributed by atoms with E-state index in [0.29, 0.717) is 25.1 Å². The Morgan fingerprint density at radius 1 is 1.24 bits per heavy atom. The number of ether oxygens (including phenoxy) is 1. The zero-order chi connectivity index (χ0) is 24.9. The van der Waals surface area contributed by atoms with Gasteiger partial charge in [0.15, 0.2) is 0 Å². The van der Waals surface area contributed by atoms with Crippen molar-refractivity contribution in [2.45, 2.75) is 57.7 Å². The fraction of sp³-hybridized carbons (Fsp3) is 0.500. The van der Waals surface area contributed by atoms with E-state index >= 15 is 0 Å². The number of anilines is 1. The normalized spacial score (nSPS) is 17.9. The number of benzene rings is 1. The topological polar surface area (TPSA) is 147 Å². The first-order valence-electron chi connectivity index (χ1n) is 11.4. The SMILES string of the molecule is COc1cc(C)c2ncc(NC(=O)CCC(C)(C)NC(=O)[C@@H]3C[C@@H](NC(=O)CN)CN3)cc2c1.